The van der Waals surface area contributed by atoms with Crippen LogP contribution in [0.5, 0.6) is 0 Å². The van der Waals surface area contributed by atoms with Crippen molar-refractivity contribution in [3.8, 4) is 11.3 Å². The Hall–Kier alpha value is -1.19. The summed E-state index contributed by atoms with van der Waals surface area (Å²) in [4.78, 5) is 6.84. The first-order chi connectivity index (χ1) is 9.74. The van der Waals surface area contributed by atoms with Gasteiger partial charge in [0.25, 0.3) is 0 Å². The zero-order valence-electron chi connectivity index (χ0n) is 11.4. The summed E-state index contributed by atoms with van der Waals surface area (Å²) in [6, 6.07) is 12.2. The lowest BCUT2D eigenvalue weighted by Crippen LogP contribution is -2.36. The van der Waals surface area contributed by atoms with Crippen molar-refractivity contribution in [1.29, 1.82) is 0 Å². The molecule has 1 aromatic carbocycles. The number of aromatic nitrogens is 1. The molecule has 104 valence electrons. The largest absolute Gasteiger partial charge is 0.370 e. The van der Waals surface area contributed by atoms with E-state index in [-0.39, 0.29) is 0 Å². The normalized spacial score (nSPS) is 19.1. The van der Waals surface area contributed by atoms with Gasteiger partial charge in [-0.3, -0.25) is 4.98 Å². The van der Waals surface area contributed by atoms with Crippen LogP contribution >= 0.6 is 23.4 Å². The minimum Gasteiger partial charge on any atom is -0.370 e. The molecule has 1 aliphatic heterocycles. The number of hydrogen-bond donors (Lipinski definition) is 0. The topological polar surface area (TPSA) is 16.1 Å². The molecule has 0 N–H and O–H groups in total. The second-order valence-electron chi connectivity index (χ2n) is 5.01. The highest BCUT2D eigenvalue weighted by Crippen LogP contribution is 2.32. The van der Waals surface area contributed by atoms with Crippen LogP contribution in [-0.2, 0) is 0 Å². The van der Waals surface area contributed by atoms with Crippen molar-refractivity contribution in [3.05, 3.63) is 47.6 Å². The molecule has 1 aliphatic rings. The molecule has 0 aliphatic carbocycles. The highest BCUT2D eigenvalue weighted by Gasteiger charge is 2.18. The molecule has 1 unspecified atom stereocenters. The van der Waals surface area contributed by atoms with E-state index in [0.29, 0.717) is 5.25 Å². The zero-order chi connectivity index (χ0) is 13.9. The lowest BCUT2D eigenvalue weighted by Gasteiger charge is -2.32. The molecule has 1 fully saturated rings. The van der Waals surface area contributed by atoms with E-state index >= 15 is 0 Å². The van der Waals surface area contributed by atoms with E-state index in [1.54, 1.807) is 6.20 Å². The van der Waals surface area contributed by atoms with Gasteiger partial charge in [0, 0.05) is 41.5 Å². The summed E-state index contributed by atoms with van der Waals surface area (Å²) in [6.45, 7) is 4.47. The molecule has 4 heteroatoms. The van der Waals surface area contributed by atoms with Gasteiger partial charge < -0.3 is 4.90 Å². The average molecular weight is 305 g/mol. The lowest BCUT2D eigenvalue weighted by atomic mass is 10.1. The molecule has 1 atom stereocenters. The first kappa shape index (κ1) is 13.8. The zero-order valence-corrected chi connectivity index (χ0v) is 13.0. The molecule has 0 saturated carbocycles. The molecule has 2 nitrogen and oxygen atoms in total. The summed E-state index contributed by atoms with van der Waals surface area (Å²) in [6.07, 6.45) is 1.80. The minimum absolute atomic E-state index is 0.678. The van der Waals surface area contributed by atoms with Gasteiger partial charge in [0.1, 0.15) is 0 Å². The Morgan fingerprint density at radius 3 is 2.95 bits per heavy atom. The molecule has 20 heavy (non-hydrogen) atoms. The highest BCUT2D eigenvalue weighted by atomic mass is 35.5. The molecule has 0 amide bonds. The van der Waals surface area contributed by atoms with Gasteiger partial charge in [0.05, 0.1) is 10.7 Å². The number of anilines is 1. The average Bonchev–Trinajstić information content (AvgIpc) is 2.48. The van der Waals surface area contributed by atoms with Crippen LogP contribution in [0.2, 0.25) is 5.02 Å². The third-order valence-corrected chi connectivity index (χ3v) is 4.96. The van der Waals surface area contributed by atoms with Crippen LogP contribution in [0.15, 0.2) is 42.6 Å². The van der Waals surface area contributed by atoms with Crippen molar-refractivity contribution in [3.63, 3.8) is 0 Å². The molecule has 2 aromatic rings. The summed E-state index contributed by atoms with van der Waals surface area (Å²) in [5, 5.41) is 1.43. The van der Waals surface area contributed by atoms with Crippen molar-refractivity contribution in [2.75, 3.05) is 23.7 Å². The Bertz CT molecular complexity index is 588. The van der Waals surface area contributed by atoms with E-state index < -0.39 is 0 Å². The first-order valence-electron chi connectivity index (χ1n) is 6.81. The van der Waals surface area contributed by atoms with Crippen molar-refractivity contribution in [2.24, 2.45) is 0 Å². The molecule has 1 saturated heterocycles. The van der Waals surface area contributed by atoms with Crippen molar-refractivity contribution in [2.45, 2.75) is 12.2 Å². The number of nitrogens with zero attached hydrogens (tertiary/aromatic N) is 2. The number of thioether (sulfide) groups is 1. The molecule has 0 bridgehead atoms. The van der Waals surface area contributed by atoms with Gasteiger partial charge in [-0.15, -0.1) is 0 Å². The van der Waals surface area contributed by atoms with E-state index in [1.807, 2.05) is 36.0 Å². The van der Waals surface area contributed by atoms with Crippen molar-refractivity contribution in [1.82, 2.24) is 4.98 Å². The molecule has 3 rings (SSSR count). The van der Waals surface area contributed by atoms with Crippen LogP contribution in [0.3, 0.4) is 0 Å². The molecule has 2 heterocycles. The van der Waals surface area contributed by atoms with Crippen molar-refractivity contribution < 1.29 is 0 Å². The second kappa shape index (κ2) is 6.06. The number of halogens is 1. The van der Waals surface area contributed by atoms with Gasteiger partial charge in [-0.1, -0.05) is 24.6 Å². The molecule has 1 aromatic heterocycles. The highest BCUT2D eigenvalue weighted by molar-refractivity contribution is 8.00. The number of pyridine rings is 1. The molecule has 0 spiro atoms. The van der Waals surface area contributed by atoms with Crippen LogP contribution < -0.4 is 4.90 Å². The fraction of sp³-hybridized carbons (Fsp3) is 0.312. The summed E-state index contributed by atoms with van der Waals surface area (Å²) < 4.78 is 0. The minimum atomic E-state index is 0.678. The fourth-order valence-electron chi connectivity index (χ4n) is 2.48. The Morgan fingerprint density at radius 2 is 2.20 bits per heavy atom. The van der Waals surface area contributed by atoms with E-state index in [4.69, 9.17) is 11.6 Å². The molecule has 0 radical (unpaired) electrons. The van der Waals surface area contributed by atoms with Gasteiger partial charge in [-0.25, -0.2) is 0 Å². The van der Waals surface area contributed by atoms with Crippen LogP contribution in [0, 0.1) is 0 Å². The van der Waals surface area contributed by atoms with Gasteiger partial charge in [0.2, 0.25) is 0 Å². The smallest absolute Gasteiger partial charge is 0.0717 e. The Kier molecular flexibility index (Phi) is 4.18. The fourth-order valence-corrected chi connectivity index (χ4v) is 3.71. The predicted molar refractivity (Wildman–Crippen MR) is 88.8 cm³/mol. The Morgan fingerprint density at radius 1 is 1.30 bits per heavy atom. The van der Waals surface area contributed by atoms with Gasteiger partial charge in [-0.05, 0) is 30.3 Å². The van der Waals surface area contributed by atoms with Gasteiger partial charge in [-0.2, -0.15) is 11.8 Å². The van der Waals surface area contributed by atoms with Gasteiger partial charge in [0.15, 0.2) is 0 Å². The lowest BCUT2D eigenvalue weighted by molar-refractivity contribution is 0.783. The predicted octanol–water partition coefficient (Wildman–Crippen LogP) is 4.34. The standard InChI is InChI=1S/C16H17ClN2S/c1-12-11-19(8-9-20-12)13-5-6-15(17)14(10-13)16-4-2-3-7-18-16/h2-7,10,12H,8-9,11H2,1H3. The summed E-state index contributed by atoms with van der Waals surface area (Å²) in [7, 11) is 0. The van der Waals surface area contributed by atoms with Crippen LogP contribution in [0.1, 0.15) is 6.92 Å². The van der Waals surface area contributed by atoms with E-state index in [9.17, 15) is 0 Å². The maximum Gasteiger partial charge on any atom is 0.0717 e. The van der Waals surface area contributed by atoms with E-state index in [2.05, 4.69) is 28.9 Å². The maximum atomic E-state index is 6.34. The molecular formula is C16H17ClN2S. The summed E-state index contributed by atoms with van der Waals surface area (Å²) >= 11 is 8.38. The maximum absolute atomic E-state index is 6.34. The first-order valence-corrected chi connectivity index (χ1v) is 8.24. The van der Waals surface area contributed by atoms with Crippen LogP contribution in [0.4, 0.5) is 5.69 Å². The van der Waals surface area contributed by atoms with Crippen LogP contribution in [0.25, 0.3) is 11.3 Å². The second-order valence-corrected chi connectivity index (χ2v) is 6.96. The number of benzene rings is 1. The van der Waals surface area contributed by atoms with Crippen LogP contribution in [-0.4, -0.2) is 29.1 Å². The number of hydrogen-bond acceptors (Lipinski definition) is 3. The van der Waals surface area contributed by atoms with Gasteiger partial charge >= 0.3 is 0 Å². The quantitative estimate of drug-likeness (QED) is 0.821. The van der Waals surface area contributed by atoms with E-state index in [0.717, 1.165) is 29.4 Å². The monoisotopic (exact) mass is 304 g/mol. The summed E-state index contributed by atoms with van der Waals surface area (Å²) in [5.41, 5.74) is 3.18. The van der Waals surface area contributed by atoms with E-state index in [1.165, 1.54) is 11.4 Å². The number of rotatable bonds is 2. The third-order valence-electron chi connectivity index (χ3n) is 3.50. The summed E-state index contributed by atoms with van der Waals surface area (Å²) in [5.74, 6) is 1.18. The van der Waals surface area contributed by atoms with Crippen molar-refractivity contribution >= 4 is 29.1 Å². The Balaban J connectivity index is 1.94. The Labute approximate surface area is 129 Å². The molecular weight excluding hydrogens is 288 g/mol. The SMILES string of the molecule is CC1CN(c2ccc(Cl)c(-c3ccccn3)c2)CCS1. The third kappa shape index (κ3) is 2.94.